The smallest absolute Gasteiger partial charge is 0.0637 e. The van der Waals surface area contributed by atoms with Crippen molar-refractivity contribution in [1.29, 1.82) is 0 Å². The minimum atomic E-state index is 0.448. The van der Waals surface area contributed by atoms with Gasteiger partial charge in [0, 0.05) is 0 Å². The zero-order chi connectivity index (χ0) is 8.10. The molecule has 0 aromatic heterocycles. The van der Waals surface area contributed by atoms with E-state index in [2.05, 4.69) is 6.58 Å². The van der Waals surface area contributed by atoms with E-state index in [9.17, 15) is 5.21 Å². The average Bonchev–Trinajstić information content (AvgIpc) is 2.07. The van der Waals surface area contributed by atoms with E-state index in [0.29, 0.717) is 6.54 Å². The topological polar surface area (TPSA) is 23.5 Å². The van der Waals surface area contributed by atoms with Gasteiger partial charge in [0.1, 0.15) is 0 Å². The van der Waals surface area contributed by atoms with Gasteiger partial charge >= 0.3 is 0 Å². The number of hydroxylamine groups is 1. The highest BCUT2D eigenvalue weighted by Gasteiger charge is 1.96. The van der Waals surface area contributed by atoms with Gasteiger partial charge in [-0.15, -0.1) is 6.58 Å². The zero-order valence-electron chi connectivity index (χ0n) is 6.27. The SMILES string of the molecule is C=CCN(O)c1ccccc1. The minimum absolute atomic E-state index is 0.448. The van der Waals surface area contributed by atoms with E-state index in [0.717, 1.165) is 10.8 Å². The van der Waals surface area contributed by atoms with Crippen molar-refractivity contribution >= 4 is 5.69 Å². The summed E-state index contributed by atoms with van der Waals surface area (Å²) in [6.07, 6.45) is 1.65. The maximum atomic E-state index is 9.28. The van der Waals surface area contributed by atoms with Crippen LogP contribution < -0.4 is 5.06 Å². The first kappa shape index (κ1) is 7.82. The van der Waals surface area contributed by atoms with Crippen molar-refractivity contribution in [3.8, 4) is 0 Å². The summed E-state index contributed by atoms with van der Waals surface area (Å²) in [5.74, 6) is 0. The number of hydrogen-bond acceptors (Lipinski definition) is 2. The molecule has 0 aliphatic rings. The third kappa shape index (κ3) is 2.09. The van der Waals surface area contributed by atoms with E-state index in [1.54, 1.807) is 6.08 Å². The van der Waals surface area contributed by atoms with Crippen LogP contribution in [0.2, 0.25) is 0 Å². The van der Waals surface area contributed by atoms with Crippen LogP contribution >= 0.6 is 0 Å². The highest BCUT2D eigenvalue weighted by Crippen LogP contribution is 2.09. The highest BCUT2D eigenvalue weighted by molar-refractivity contribution is 5.43. The highest BCUT2D eigenvalue weighted by atomic mass is 16.5. The molecule has 0 fully saturated rings. The lowest BCUT2D eigenvalue weighted by Crippen LogP contribution is -2.16. The van der Waals surface area contributed by atoms with Crippen LogP contribution in [-0.4, -0.2) is 11.8 Å². The molecule has 0 aliphatic carbocycles. The summed E-state index contributed by atoms with van der Waals surface area (Å²) in [4.78, 5) is 0. The summed E-state index contributed by atoms with van der Waals surface area (Å²) in [6, 6.07) is 9.33. The van der Waals surface area contributed by atoms with E-state index in [1.807, 2.05) is 30.3 Å². The molecule has 1 aromatic carbocycles. The van der Waals surface area contributed by atoms with Gasteiger partial charge in [0.25, 0.3) is 0 Å². The van der Waals surface area contributed by atoms with E-state index in [1.165, 1.54) is 0 Å². The summed E-state index contributed by atoms with van der Waals surface area (Å²) < 4.78 is 0. The summed E-state index contributed by atoms with van der Waals surface area (Å²) in [7, 11) is 0. The third-order valence-electron chi connectivity index (χ3n) is 1.36. The van der Waals surface area contributed by atoms with Crippen molar-refractivity contribution in [3.63, 3.8) is 0 Å². The third-order valence-corrected chi connectivity index (χ3v) is 1.36. The number of para-hydroxylation sites is 1. The Morgan fingerprint density at radius 2 is 2.00 bits per heavy atom. The maximum absolute atomic E-state index is 9.28. The standard InChI is InChI=1S/C9H11NO/c1-2-8-10(11)9-6-4-3-5-7-9/h2-7,11H,1,8H2. The molecular formula is C9H11NO. The second-order valence-corrected chi connectivity index (χ2v) is 2.21. The van der Waals surface area contributed by atoms with Gasteiger partial charge < -0.3 is 0 Å². The first-order valence-electron chi connectivity index (χ1n) is 3.47. The number of nitrogens with zero attached hydrogens (tertiary/aromatic N) is 1. The van der Waals surface area contributed by atoms with Crippen molar-refractivity contribution in [3.05, 3.63) is 43.0 Å². The second-order valence-electron chi connectivity index (χ2n) is 2.21. The second kappa shape index (κ2) is 3.78. The summed E-state index contributed by atoms with van der Waals surface area (Å²) in [5.41, 5.74) is 0.785. The van der Waals surface area contributed by atoms with Crippen LogP contribution in [0.25, 0.3) is 0 Å². The Hall–Kier alpha value is -1.28. The normalized spacial score (nSPS) is 9.18. The van der Waals surface area contributed by atoms with Crippen LogP contribution in [0, 0.1) is 0 Å². The molecule has 1 aromatic rings. The molecular weight excluding hydrogens is 138 g/mol. The molecule has 11 heavy (non-hydrogen) atoms. The van der Waals surface area contributed by atoms with Gasteiger partial charge in [-0.3, -0.25) is 10.3 Å². The quantitative estimate of drug-likeness (QED) is 0.525. The number of hydrogen-bond donors (Lipinski definition) is 1. The van der Waals surface area contributed by atoms with E-state index >= 15 is 0 Å². The van der Waals surface area contributed by atoms with Gasteiger partial charge in [0.2, 0.25) is 0 Å². The first-order valence-corrected chi connectivity index (χ1v) is 3.47. The minimum Gasteiger partial charge on any atom is -0.288 e. The van der Waals surface area contributed by atoms with E-state index in [-0.39, 0.29) is 0 Å². The van der Waals surface area contributed by atoms with Crippen molar-refractivity contribution in [2.75, 3.05) is 11.6 Å². The van der Waals surface area contributed by atoms with Crippen LogP contribution in [0.3, 0.4) is 0 Å². The number of anilines is 1. The van der Waals surface area contributed by atoms with Gasteiger partial charge in [-0.2, -0.15) is 0 Å². The molecule has 1 rings (SSSR count). The van der Waals surface area contributed by atoms with Gasteiger partial charge in [0.15, 0.2) is 0 Å². The lowest BCUT2D eigenvalue weighted by Gasteiger charge is -2.13. The van der Waals surface area contributed by atoms with Gasteiger partial charge in [-0.1, -0.05) is 24.3 Å². The van der Waals surface area contributed by atoms with Gasteiger partial charge in [-0.25, -0.2) is 0 Å². The van der Waals surface area contributed by atoms with Gasteiger partial charge in [-0.05, 0) is 12.1 Å². The molecule has 0 unspecified atom stereocenters. The Balaban J connectivity index is 2.68. The Labute approximate surface area is 66.3 Å². The van der Waals surface area contributed by atoms with E-state index in [4.69, 9.17) is 0 Å². The first-order chi connectivity index (χ1) is 5.34. The lowest BCUT2D eigenvalue weighted by atomic mass is 10.3. The fourth-order valence-electron chi connectivity index (χ4n) is 0.828. The Morgan fingerprint density at radius 1 is 1.36 bits per heavy atom. The zero-order valence-corrected chi connectivity index (χ0v) is 6.27. The maximum Gasteiger partial charge on any atom is 0.0637 e. The molecule has 0 atom stereocenters. The summed E-state index contributed by atoms with van der Waals surface area (Å²) >= 11 is 0. The fourth-order valence-corrected chi connectivity index (χ4v) is 0.828. The molecule has 0 spiro atoms. The van der Waals surface area contributed by atoms with Crippen molar-refractivity contribution in [2.45, 2.75) is 0 Å². The molecule has 0 saturated carbocycles. The number of rotatable bonds is 3. The van der Waals surface area contributed by atoms with Crippen LogP contribution in [0.15, 0.2) is 43.0 Å². The molecule has 0 bridgehead atoms. The fraction of sp³-hybridized carbons (Fsp3) is 0.111. The van der Waals surface area contributed by atoms with Gasteiger partial charge in [0.05, 0.1) is 12.2 Å². The molecule has 58 valence electrons. The molecule has 0 aliphatic heterocycles. The molecule has 2 nitrogen and oxygen atoms in total. The predicted molar refractivity (Wildman–Crippen MR) is 45.8 cm³/mol. The van der Waals surface area contributed by atoms with Crippen LogP contribution in [-0.2, 0) is 0 Å². The molecule has 1 N–H and O–H groups in total. The predicted octanol–water partition coefficient (Wildman–Crippen LogP) is 2.07. The summed E-state index contributed by atoms with van der Waals surface area (Å²) in [6.45, 7) is 3.97. The molecule has 2 heteroatoms. The van der Waals surface area contributed by atoms with Crippen LogP contribution in [0.4, 0.5) is 5.69 Å². The largest absolute Gasteiger partial charge is 0.288 e. The molecule has 0 amide bonds. The summed E-state index contributed by atoms with van der Waals surface area (Å²) in [5, 5.41) is 10.4. The average molecular weight is 149 g/mol. The molecule has 0 heterocycles. The van der Waals surface area contributed by atoms with Crippen LogP contribution in [0.1, 0.15) is 0 Å². The Bertz CT molecular complexity index is 220. The van der Waals surface area contributed by atoms with Crippen molar-refractivity contribution in [1.82, 2.24) is 0 Å². The Morgan fingerprint density at radius 3 is 2.55 bits per heavy atom. The van der Waals surface area contributed by atoms with Crippen LogP contribution in [0.5, 0.6) is 0 Å². The van der Waals surface area contributed by atoms with Crippen molar-refractivity contribution < 1.29 is 5.21 Å². The molecule has 0 radical (unpaired) electrons. The molecule has 0 saturated heterocycles. The number of benzene rings is 1. The van der Waals surface area contributed by atoms with Crippen molar-refractivity contribution in [2.24, 2.45) is 0 Å². The lowest BCUT2D eigenvalue weighted by molar-refractivity contribution is 0.266. The monoisotopic (exact) mass is 149 g/mol. The van der Waals surface area contributed by atoms with E-state index < -0.39 is 0 Å². The Kier molecular flexibility index (Phi) is 2.69.